The zero-order valence-corrected chi connectivity index (χ0v) is 10.4. The molecular formula is C11H8F3NO3S. The highest BCUT2D eigenvalue weighted by molar-refractivity contribution is 7.88. The summed E-state index contributed by atoms with van der Waals surface area (Å²) in [5, 5.41) is 0.204. The first kappa shape index (κ1) is 13.6. The standard InChI is InChI=1S/C11H8F3NO3S/c1-7-2-3-9-8(6-7)10(4-5-15-9)18-19(16,17)11(12,13)14/h2-6H,1H3. The van der Waals surface area contributed by atoms with Crippen molar-refractivity contribution in [2.75, 3.05) is 0 Å². The zero-order valence-electron chi connectivity index (χ0n) is 9.60. The number of aryl methyl sites for hydroxylation is 1. The minimum absolute atomic E-state index is 0.204. The molecule has 0 aliphatic heterocycles. The lowest BCUT2D eigenvalue weighted by Gasteiger charge is -2.11. The van der Waals surface area contributed by atoms with E-state index in [9.17, 15) is 21.6 Å². The maximum absolute atomic E-state index is 12.3. The van der Waals surface area contributed by atoms with Gasteiger partial charge in [0.25, 0.3) is 0 Å². The van der Waals surface area contributed by atoms with Gasteiger partial charge in [0.1, 0.15) is 0 Å². The summed E-state index contributed by atoms with van der Waals surface area (Å²) in [6.45, 7) is 1.72. The molecule has 0 fully saturated rings. The van der Waals surface area contributed by atoms with E-state index in [-0.39, 0.29) is 5.39 Å². The average Bonchev–Trinajstić information content (AvgIpc) is 2.28. The molecule has 0 aliphatic carbocycles. The SMILES string of the molecule is Cc1ccc2nccc(OS(=O)(=O)C(F)(F)F)c2c1. The van der Waals surface area contributed by atoms with Crippen LogP contribution >= 0.6 is 0 Å². The van der Waals surface area contributed by atoms with Gasteiger partial charge < -0.3 is 4.18 Å². The Morgan fingerprint density at radius 2 is 1.89 bits per heavy atom. The number of nitrogens with zero attached hydrogens (tertiary/aromatic N) is 1. The van der Waals surface area contributed by atoms with Crippen molar-refractivity contribution < 1.29 is 25.8 Å². The van der Waals surface area contributed by atoms with E-state index < -0.39 is 21.4 Å². The van der Waals surface area contributed by atoms with Crippen LogP contribution in [0.4, 0.5) is 13.2 Å². The van der Waals surface area contributed by atoms with E-state index in [2.05, 4.69) is 9.17 Å². The first-order valence-electron chi connectivity index (χ1n) is 5.07. The van der Waals surface area contributed by atoms with Crippen molar-refractivity contribution in [3.8, 4) is 5.75 Å². The van der Waals surface area contributed by atoms with Crippen LogP contribution in [-0.4, -0.2) is 18.9 Å². The Morgan fingerprint density at radius 1 is 1.21 bits per heavy atom. The van der Waals surface area contributed by atoms with E-state index >= 15 is 0 Å². The number of aromatic nitrogens is 1. The maximum atomic E-state index is 12.3. The van der Waals surface area contributed by atoms with Gasteiger partial charge in [-0.05, 0) is 19.1 Å². The molecule has 4 nitrogen and oxygen atoms in total. The second-order valence-corrected chi connectivity index (χ2v) is 5.35. The quantitative estimate of drug-likeness (QED) is 0.630. The van der Waals surface area contributed by atoms with E-state index in [0.717, 1.165) is 11.6 Å². The topological polar surface area (TPSA) is 56.3 Å². The fourth-order valence-corrected chi connectivity index (χ4v) is 1.95. The molecule has 0 saturated carbocycles. The Balaban J connectivity index is 2.56. The van der Waals surface area contributed by atoms with Crippen molar-refractivity contribution in [2.45, 2.75) is 12.4 Å². The second kappa shape index (κ2) is 4.37. The van der Waals surface area contributed by atoms with Crippen molar-refractivity contribution in [2.24, 2.45) is 0 Å². The van der Waals surface area contributed by atoms with Gasteiger partial charge in [-0.15, -0.1) is 0 Å². The number of hydrogen-bond donors (Lipinski definition) is 0. The molecule has 0 saturated heterocycles. The first-order valence-corrected chi connectivity index (χ1v) is 6.48. The summed E-state index contributed by atoms with van der Waals surface area (Å²) in [7, 11) is -5.68. The summed E-state index contributed by atoms with van der Waals surface area (Å²) >= 11 is 0. The van der Waals surface area contributed by atoms with Gasteiger partial charge in [0.15, 0.2) is 5.75 Å². The van der Waals surface area contributed by atoms with Gasteiger partial charge in [-0.2, -0.15) is 21.6 Å². The lowest BCUT2D eigenvalue weighted by molar-refractivity contribution is -0.0499. The number of benzene rings is 1. The summed E-state index contributed by atoms with van der Waals surface area (Å²) in [4.78, 5) is 3.92. The van der Waals surface area contributed by atoms with E-state index in [1.165, 1.54) is 12.3 Å². The minimum atomic E-state index is -5.68. The lowest BCUT2D eigenvalue weighted by Crippen LogP contribution is -2.28. The minimum Gasteiger partial charge on any atom is -0.375 e. The normalized spacial score (nSPS) is 12.6. The summed E-state index contributed by atoms with van der Waals surface area (Å²) in [6, 6.07) is 5.85. The molecule has 0 aliphatic rings. The van der Waals surface area contributed by atoms with Crippen LogP contribution in [0.15, 0.2) is 30.5 Å². The van der Waals surface area contributed by atoms with Gasteiger partial charge in [-0.1, -0.05) is 11.6 Å². The van der Waals surface area contributed by atoms with E-state index in [0.29, 0.717) is 5.52 Å². The molecule has 102 valence electrons. The Kier molecular flexibility index (Phi) is 3.13. The average molecular weight is 291 g/mol. The Bertz CT molecular complexity index is 726. The molecule has 0 N–H and O–H groups in total. The largest absolute Gasteiger partial charge is 0.534 e. The fraction of sp³-hybridized carbons (Fsp3) is 0.182. The van der Waals surface area contributed by atoms with Crippen molar-refractivity contribution in [3.63, 3.8) is 0 Å². The molecule has 2 rings (SSSR count). The first-order chi connectivity index (χ1) is 8.71. The summed E-state index contributed by atoms with van der Waals surface area (Å²) in [5.74, 6) is -0.397. The van der Waals surface area contributed by atoms with Crippen molar-refractivity contribution in [1.29, 1.82) is 0 Å². The summed E-state index contributed by atoms with van der Waals surface area (Å²) < 4.78 is 62.9. The number of rotatable bonds is 2. The predicted octanol–water partition coefficient (Wildman–Crippen LogP) is 2.77. The molecule has 0 atom stereocenters. The number of alkyl halides is 3. The molecule has 8 heteroatoms. The van der Waals surface area contributed by atoms with Crippen molar-refractivity contribution >= 4 is 21.0 Å². The summed E-state index contributed by atoms with van der Waals surface area (Å²) in [6.07, 6.45) is 1.18. The van der Waals surface area contributed by atoms with Gasteiger partial charge in [0, 0.05) is 17.6 Å². The van der Waals surface area contributed by atoms with Gasteiger partial charge in [0.2, 0.25) is 0 Å². The molecule has 0 bridgehead atoms. The van der Waals surface area contributed by atoms with Gasteiger partial charge in [-0.3, -0.25) is 4.98 Å². The van der Waals surface area contributed by atoms with E-state index in [4.69, 9.17) is 0 Å². The smallest absolute Gasteiger partial charge is 0.375 e. The highest BCUT2D eigenvalue weighted by Gasteiger charge is 2.48. The molecule has 0 amide bonds. The third kappa shape index (κ3) is 2.62. The van der Waals surface area contributed by atoms with Crippen LogP contribution in [0.5, 0.6) is 5.75 Å². The molecule has 19 heavy (non-hydrogen) atoms. The van der Waals surface area contributed by atoms with Gasteiger partial charge in [-0.25, -0.2) is 0 Å². The predicted molar refractivity (Wildman–Crippen MR) is 62.1 cm³/mol. The van der Waals surface area contributed by atoms with Crippen molar-refractivity contribution in [1.82, 2.24) is 4.98 Å². The van der Waals surface area contributed by atoms with Crippen LogP contribution in [0.1, 0.15) is 5.56 Å². The number of halogens is 3. The second-order valence-electron chi connectivity index (χ2n) is 3.81. The van der Waals surface area contributed by atoms with Crippen LogP contribution in [0, 0.1) is 6.92 Å². The van der Waals surface area contributed by atoms with Crippen molar-refractivity contribution in [3.05, 3.63) is 36.0 Å². The third-order valence-corrected chi connectivity index (χ3v) is 3.31. The van der Waals surface area contributed by atoms with Gasteiger partial charge >= 0.3 is 15.6 Å². The van der Waals surface area contributed by atoms with Crippen LogP contribution < -0.4 is 4.18 Å². The Labute approximate surface area is 107 Å². The number of hydrogen-bond acceptors (Lipinski definition) is 4. The molecule has 1 aromatic heterocycles. The molecule has 1 aromatic carbocycles. The van der Waals surface area contributed by atoms with Crippen LogP contribution in [0.25, 0.3) is 10.9 Å². The maximum Gasteiger partial charge on any atom is 0.534 e. The molecular weight excluding hydrogens is 283 g/mol. The van der Waals surface area contributed by atoms with Crippen LogP contribution in [-0.2, 0) is 10.1 Å². The highest BCUT2D eigenvalue weighted by Crippen LogP contribution is 2.31. The molecule has 1 heterocycles. The lowest BCUT2D eigenvalue weighted by atomic mass is 10.1. The van der Waals surface area contributed by atoms with E-state index in [1.54, 1.807) is 19.1 Å². The Morgan fingerprint density at radius 3 is 2.53 bits per heavy atom. The molecule has 0 radical (unpaired) electrons. The Hall–Kier alpha value is -1.83. The monoisotopic (exact) mass is 291 g/mol. The van der Waals surface area contributed by atoms with E-state index in [1.807, 2.05) is 0 Å². The highest BCUT2D eigenvalue weighted by atomic mass is 32.2. The van der Waals surface area contributed by atoms with Crippen LogP contribution in [0.2, 0.25) is 0 Å². The number of fused-ring (bicyclic) bond motifs is 1. The molecule has 0 spiro atoms. The van der Waals surface area contributed by atoms with Crippen LogP contribution in [0.3, 0.4) is 0 Å². The molecule has 2 aromatic rings. The summed E-state index contributed by atoms with van der Waals surface area (Å²) in [5.41, 5.74) is -4.37. The number of pyridine rings is 1. The molecule has 0 unspecified atom stereocenters. The zero-order chi connectivity index (χ0) is 14.3. The van der Waals surface area contributed by atoms with Gasteiger partial charge in [0.05, 0.1) is 5.52 Å². The third-order valence-electron chi connectivity index (χ3n) is 2.34. The fourth-order valence-electron chi connectivity index (χ4n) is 1.47.